The summed E-state index contributed by atoms with van der Waals surface area (Å²) in [4.78, 5) is 26.3. The van der Waals surface area contributed by atoms with E-state index in [1.54, 1.807) is 0 Å². The van der Waals surface area contributed by atoms with Crippen LogP contribution in [0.15, 0.2) is 23.0 Å². The van der Waals surface area contributed by atoms with Gasteiger partial charge in [-0.1, -0.05) is 77.3 Å². The van der Waals surface area contributed by atoms with Crippen molar-refractivity contribution in [1.82, 2.24) is 4.57 Å². The first kappa shape index (κ1) is 24.2. The first-order chi connectivity index (χ1) is 14.1. The van der Waals surface area contributed by atoms with Crippen LogP contribution < -0.4 is 10.7 Å². The van der Waals surface area contributed by atoms with Crippen LogP contribution in [-0.2, 0) is 6.54 Å². The second-order valence-electron chi connectivity index (χ2n) is 8.62. The summed E-state index contributed by atoms with van der Waals surface area (Å²) in [5.74, 6) is 0.0958. The van der Waals surface area contributed by atoms with Crippen LogP contribution in [-0.4, -0.2) is 10.5 Å². The molecule has 1 heterocycles. The Hall–Kier alpha value is -2.07. The van der Waals surface area contributed by atoms with Crippen LogP contribution in [0.1, 0.15) is 98.6 Å². The summed E-state index contributed by atoms with van der Waals surface area (Å²) in [7, 11) is 0. The van der Waals surface area contributed by atoms with Crippen LogP contribution in [0.4, 0.5) is 5.69 Å². The van der Waals surface area contributed by atoms with Gasteiger partial charge in [-0.15, -0.1) is 0 Å². The number of unbranched alkanes of at least 4 members (excludes halogenated alkanes) is 2. The standard InChI is InChI=1S/C25H35ClN2O2/c1-8-9-10-14-28-17(6)21(24(29)22(26)18(28)7)25(30)27-23-19(15(2)3)12-11-13-20(23)16(4)5/h11-13,15-16H,8-10,14H2,1-7H3,(H,27,30). The van der Waals surface area contributed by atoms with E-state index in [4.69, 9.17) is 11.6 Å². The van der Waals surface area contributed by atoms with Crippen molar-refractivity contribution in [1.29, 1.82) is 0 Å². The average Bonchev–Trinajstić information content (AvgIpc) is 2.68. The highest BCUT2D eigenvalue weighted by Crippen LogP contribution is 2.33. The molecule has 0 aliphatic carbocycles. The molecule has 0 fully saturated rings. The number of carbonyl (C=O) groups is 1. The summed E-state index contributed by atoms with van der Waals surface area (Å²) < 4.78 is 2.01. The number of carbonyl (C=O) groups excluding carboxylic acids is 1. The topological polar surface area (TPSA) is 51.1 Å². The Morgan fingerprint density at radius 3 is 2.10 bits per heavy atom. The summed E-state index contributed by atoms with van der Waals surface area (Å²) in [5, 5.41) is 3.20. The van der Waals surface area contributed by atoms with Gasteiger partial charge in [0.15, 0.2) is 0 Å². The van der Waals surface area contributed by atoms with Crippen molar-refractivity contribution in [2.24, 2.45) is 0 Å². The number of amides is 1. The minimum atomic E-state index is -0.399. The van der Waals surface area contributed by atoms with Gasteiger partial charge in [0.05, 0.1) is 0 Å². The van der Waals surface area contributed by atoms with E-state index in [1.165, 1.54) is 0 Å². The summed E-state index contributed by atoms with van der Waals surface area (Å²) >= 11 is 6.37. The molecule has 0 bridgehead atoms. The van der Waals surface area contributed by atoms with Crippen molar-refractivity contribution >= 4 is 23.2 Å². The molecule has 1 amide bonds. The third-order valence-electron chi connectivity index (χ3n) is 5.74. The molecule has 2 aromatic rings. The Labute approximate surface area is 185 Å². The predicted octanol–water partition coefficient (Wildman–Crippen LogP) is 6.81. The molecule has 0 aliphatic rings. The summed E-state index contributed by atoms with van der Waals surface area (Å²) in [6, 6.07) is 6.09. The molecule has 0 radical (unpaired) electrons. The molecule has 2 rings (SSSR count). The lowest BCUT2D eigenvalue weighted by Gasteiger charge is -2.22. The van der Waals surface area contributed by atoms with Crippen LogP contribution in [0.25, 0.3) is 0 Å². The molecule has 1 aromatic carbocycles. The van der Waals surface area contributed by atoms with Gasteiger partial charge in [0, 0.05) is 23.6 Å². The van der Waals surface area contributed by atoms with E-state index in [0.717, 1.165) is 48.3 Å². The smallest absolute Gasteiger partial charge is 0.261 e. The van der Waals surface area contributed by atoms with Crippen molar-refractivity contribution in [2.75, 3.05) is 5.32 Å². The molecule has 0 saturated heterocycles. The molecule has 0 spiro atoms. The van der Waals surface area contributed by atoms with E-state index in [0.29, 0.717) is 5.69 Å². The number of hydrogen-bond acceptors (Lipinski definition) is 2. The van der Waals surface area contributed by atoms with Gasteiger partial charge in [-0.2, -0.15) is 0 Å². The minimum Gasteiger partial charge on any atom is -0.347 e. The summed E-state index contributed by atoms with van der Waals surface area (Å²) in [6.07, 6.45) is 3.17. The normalized spacial score (nSPS) is 11.4. The van der Waals surface area contributed by atoms with Crippen LogP contribution in [0.3, 0.4) is 0 Å². The van der Waals surface area contributed by atoms with Gasteiger partial charge >= 0.3 is 0 Å². The molecule has 30 heavy (non-hydrogen) atoms. The van der Waals surface area contributed by atoms with Gasteiger partial charge in [0.25, 0.3) is 5.91 Å². The highest BCUT2D eigenvalue weighted by molar-refractivity contribution is 6.31. The van der Waals surface area contributed by atoms with E-state index >= 15 is 0 Å². The predicted molar refractivity (Wildman–Crippen MR) is 127 cm³/mol. The van der Waals surface area contributed by atoms with Gasteiger partial charge in [-0.05, 0) is 43.2 Å². The number of hydrogen-bond donors (Lipinski definition) is 1. The largest absolute Gasteiger partial charge is 0.347 e. The van der Waals surface area contributed by atoms with Crippen molar-refractivity contribution in [3.05, 3.63) is 61.5 Å². The number of benzene rings is 1. The fourth-order valence-corrected chi connectivity index (χ4v) is 4.13. The zero-order valence-corrected chi connectivity index (χ0v) is 20.1. The van der Waals surface area contributed by atoms with E-state index < -0.39 is 11.3 Å². The van der Waals surface area contributed by atoms with Gasteiger partial charge in [0.2, 0.25) is 5.43 Å². The number of pyridine rings is 1. The third-order valence-corrected chi connectivity index (χ3v) is 6.18. The van der Waals surface area contributed by atoms with E-state index in [2.05, 4.69) is 39.9 Å². The molecular weight excluding hydrogens is 396 g/mol. The number of para-hydroxylation sites is 1. The molecule has 0 aliphatic heterocycles. The molecule has 0 atom stereocenters. The van der Waals surface area contributed by atoms with Crippen LogP contribution in [0, 0.1) is 13.8 Å². The highest BCUT2D eigenvalue weighted by atomic mass is 35.5. The lowest BCUT2D eigenvalue weighted by atomic mass is 9.92. The Bertz CT molecular complexity index is 948. The number of rotatable bonds is 8. The fourth-order valence-electron chi connectivity index (χ4n) is 3.94. The highest BCUT2D eigenvalue weighted by Gasteiger charge is 2.23. The quantitative estimate of drug-likeness (QED) is 0.467. The van der Waals surface area contributed by atoms with Gasteiger partial charge < -0.3 is 9.88 Å². The van der Waals surface area contributed by atoms with E-state index in [1.807, 2.05) is 36.6 Å². The molecule has 4 nitrogen and oxygen atoms in total. The number of halogens is 1. The first-order valence-electron chi connectivity index (χ1n) is 10.9. The Kier molecular flexibility index (Phi) is 8.31. The summed E-state index contributed by atoms with van der Waals surface area (Å²) in [5.41, 5.74) is 4.06. The lowest BCUT2D eigenvalue weighted by Crippen LogP contribution is -2.29. The van der Waals surface area contributed by atoms with Gasteiger partial charge in [0.1, 0.15) is 10.6 Å². The monoisotopic (exact) mass is 430 g/mol. The second-order valence-corrected chi connectivity index (χ2v) is 9.00. The van der Waals surface area contributed by atoms with Crippen molar-refractivity contribution in [2.45, 2.75) is 86.1 Å². The molecule has 0 unspecified atom stereocenters. The van der Waals surface area contributed by atoms with Crippen molar-refractivity contribution < 1.29 is 4.79 Å². The molecule has 1 N–H and O–H groups in total. The van der Waals surface area contributed by atoms with E-state index in [-0.39, 0.29) is 22.4 Å². The lowest BCUT2D eigenvalue weighted by molar-refractivity contribution is 0.102. The Morgan fingerprint density at radius 2 is 1.60 bits per heavy atom. The molecule has 1 aromatic heterocycles. The van der Waals surface area contributed by atoms with Crippen molar-refractivity contribution in [3.63, 3.8) is 0 Å². The summed E-state index contributed by atoms with van der Waals surface area (Å²) in [6.45, 7) is 15.0. The molecular formula is C25H35ClN2O2. The Morgan fingerprint density at radius 1 is 1.03 bits per heavy atom. The van der Waals surface area contributed by atoms with Crippen LogP contribution in [0.5, 0.6) is 0 Å². The van der Waals surface area contributed by atoms with Crippen molar-refractivity contribution in [3.8, 4) is 0 Å². The Balaban J connectivity index is 2.57. The van der Waals surface area contributed by atoms with Gasteiger partial charge in [-0.3, -0.25) is 9.59 Å². The maximum absolute atomic E-state index is 13.4. The number of aromatic nitrogens is 1. The number of nitrogens with one attached hydrogen (secondary N) is 1. The van der Waals surface area contributed by atoms with Gasteiger partial charge in [-0.25, -0.2) is 0 Å². The SMILES string of the molecule is CCCCCn1c(C)c(Cl)c(=O)c(C(=O)Nc2c(C(C)C)cccc2C(C)C)c1C. The zero-order chi connectivity index (χ0) is 22.6. The first-order valence-corrected chi connectivity index (χ1v) is 11.3. The third kappa shape index (κ3) is 4.97. The second kappa shape index (κ2) is 10.3. The fraction of sp³-hybridized carbons (Fsp3) is 0.520. The molecule has 5 heteroatoms. The maximum Gasteiger partial charge on any atom is 0.261 e. The number of nitrogens with zero attached hydrogens (tertiary/aromatic N) is 1. The minimum absolute atomic E-state index is 0.128. The van der Waals surface area contributed by atoms with Crippen LogP contribution in [0.2, 0.25) is 5.02 Å². The average molecular weight is 431 g/mol. The molecule has 164 valence electrons. The maximum atomic E-state index is 13.4. The number of anilines is 1. The molecule has 0 saturated carbocycles. The van der Waals surface area contributed by atoms with Crippen LogP contribution >= 0.6 is 11.6 Å². The zero-order valence-electron chi connectivity index (χ0n) is 19.4. The van der Waals surface area contributed by atoms with E-state index in [9.17, 15) is 9.59 Å².